The molecule has 1 atom stereocenters. The highest BCUT2D eigenvalue weighted by Crippen LogP contribution is 2.32. The first kappa shape index (κ1) is 13.8. The fraction of sp³-hybridized carbons (Fsp3) is 0.333. The predicted molar refractivity (Wildman–Crippen MR) is 43.9 cm³/mol. The molecule has 0 aromatic heterocycles. The Bertz CT molecular complexity index is 400. The molecule has 8 heteroatoms. The average molecular weight is 261 g/mol. The van der Waals surface area contributed by atoms with E-state index >= 15 is 0 Å². The van der Waals surface area contributed by atoms with Gasteiger partial charge in [-0.25, -0.2) is 17.6 Å². The highest BCUT2D eigenvalue weighted by atomic mass is 19.4. The molecule has 0 aliphatic rings. The molecule has 1 nitrogen and oxygen atoms in total. The first-order valence-electron chi connectivity index (χ1n) is 4.28. The van der Waals surface area contributed by atoms with Crippen LogP contribution in [0.2, 0.25) is 0 Å². The molecule has 17 heavy (non-hydrogen) atoms. The van der Waals surface area contributed by atoms with Crippen molar-refractivity contribution >= 4 is 0 Å². The maximum Gasteiger partial charge on any atom is 0.390 e. The Hall–Kier alpha value is -1.31. The van der Waals surface area contributed by atoms with Crippen LogP contribution < -0.4 is 5.73 Å². The lowest BCUT2D eigenvalue weighted by Gasteiger charge is -2.16. The summed E-state index contributed by atoms with van der Waals surface area (Å²) in [6.07, 6.45) is -6.59. The third-order valence-corrected chi connectivity index (χ3v) is 1.97. The molecule has 0 heterocycles. The number of rotatable bonds is 2. The molecule has 1 aromatic carbocycles. The predicted octanol–water partition coefficient (Wildman–Crippen LogP) is 3.20. The van der Waals surface area contributed by atoms with E-state index in [0.29, 0.717) is 0 Å². The van der Waals surface area contributed by atoms with Crippen molar-refractivity contribution in [3.8, 4) is 0 Å². The van der Waals surface area contributed by atoms with Gasteiger partial charge in [-0.15, -0.1) is 0 Å². The molecule has 0 unspecified atom stereocenters. The zero-order chi connectivity index (χ0) is 13.4. The van der Waals surface area contributed by atoms with Crippen molar-refractivity contribution in [1.29, 1.82) is 0 Å². The first-order valence-corrected chi connectivity index (χ1v) is 4.28. The van der Waals surface area contributed by atoms with Crippen LogP contribution in [0.4, 0.5) is 30.7 Å². The molecular weight excluding hydrogens is 255 g/mol. The lowest BCUT2D eigenvalue weighted by molar-refractivity contribution is -0.138. The van der Waals surface area contributed by atoms with Gasteiger partial charge >= 0.3 is 6.18 Å². The Labute approximate surface area is 91.0 Å². The molecule has 0 amide bonds. The van der Waals surface area contributed by atoms with Crippen molar-refractivity contribution in [2.24, 2.45) is 5.73 Å². The third kappa shape index (κ3) is 3.09. The van der Waals surface area contributed by atoms with E-state index in [1.54, 1.807) is 0 Å². The van der Waals surface area contributed by atoms with E-state index < -0.39 is 47.5 Å². The zero-order valence-electron chi connectivity index (χ0n) is 8.08. The Kier molecular flexibility index (Phi) is 3.65. The van der Waals surface area contributed by atoms with Crippen molar-refractivity contribution < 1.29 is 30.7 Å². The first-order chi connectivity index (χ1) is 7.63. The fourth-order valence-corrected chi connectivity index (χ4v) is 1.27. The molecule has 0 bridgehead atoms. The van der Waals surface area contributed by atoms with Gasteiger partial charge in [0.1, 0.15) is 0 Å². The summed E-state index contributed by atoms with van der Waals surface area (Å²) >= 11 is 0. The largest absolute Gasteiger partial charge is 0.390 e. The Morgan fingerprint density at radius 1 is 1.00 bits per heavy atom. The molecule has 0 saturated heterocycles. The highest BCUT2D eigenvalue weighted by Gasteiger charge is 2.34. The van der Waals surface area contributed by atoms with E-state index in [1.807, 2.05) is 0 Å². The van der Waals surface area contributed by atoms with Gasteiger partial charge in [-0.3, -0.25) is 0 Å². The maximum absolute atomic E-state index is 13.0. The summed E-state index contributed by atoms with van der Waals surface area (Å²) in [7, 11) is 0. The quantitative estimate of drug-likeness (QED) is 0.642. The van der Waals surface area contributed by atoms with Gasteiger partial charge in [-0.1, -0.05) is 0 Å². The lowest BCUT2D eigenvalue weighted by Crippen LogP contribution is -2.23. The molecule has 0 aliphatic heterocycles. The van der Waals surface area contributed by atoms with E-state index in [1.165, 1.54) is 0 Å². The van der Waals surface area contributed by atoms with Gasteiger partial charge in [0.15, 0.2) is 23.3 Å². The van der Waals surface area contributed by atoms with Crippen LogP contribution in [0.15, 0.2) is 6.07 Å². The second kappa shape index (κ2) is 4.52. The standard InChI is InChI=1S/C9H6F7N/c10-3-1-4(11)8(13)6(7(3)12)5(17)2-9(14,15)16/h1,5H,2,17H2/t5-/m1/s1. The summed E-state index contributed by atoms with van der Waals surface area (Å²) in [6, 6.07) is -2.31. The van der Waals surface area contributed by atoms with Gasteiger partial charge in [-0.05, 0) is 0 Å². The zero-order valence-corrected chi connectivity index (χ0v) is 8.08. The number of hydrogen-bond donors (Lipinski definition) is 1. The summed E-state index contributed by atoms with van der Waals surface area (Å²) in [5.74, 6) is -7.42. The van der Waals surface area contributed by atoms with Gasteiger partial charge in [0, 0.05) is 17.7 Å². The Balaban J connectivity index is 3.21. The van der Waals surface area contributed by atoms with Gasteiger partial charge < -0.3 is 5.73 Å². The number of nitrogens with two attached hydrogens (primary N) is 1. The van der Waals surface area contributed by atoms with Crippen LogP contribution in [0.5, 0.6) is 0 Å². The van der Waals surface area contributed by atoms with Crippen molar-refractivity contribution in [2.45, 2.75) is 18.6 Å². The van der Waals surface area contributed by atoms with Crippen molar-refractivity contribution in [3.63, 3.8) is 0 Å². The highest BCUT2D eigenvalue weighted by molar-refractivity contribution is 5.25. The minimum Gasteiger partial charge on any atom is -0.323 e. The molecule has 0 radical (unpaired) electrons. The average Bonchev–Trinajstić information content (AvgIpc) is 2.12. The summed E-state index contributed by atoms with van der Waals surface area (Å²) < 4.78 is 87.3. The molecule has 1 aromatic rings. The maximum atomic E-state index is 13.0. The van der Waals surface area contributed by atoms with Crippen LogP contribution in [0.25, 0.3) is 0 Å². The normalized spacial score (nSPS) is 13.9. The Morgan fingerprint density at radius 2 is 1.41 bits per heavy atom. The van der Waals surface area contributed by atoms with Gasteiger partial charge in [0.05, 0.1) is 6.42 Å². The number of benzene rings is 1. The summed E-state index contributed by atoms with van der Waals surface area (Å²) in [4.78, 5) is 0. The molecule has 0 aliphatic carbocycles. The topological polar surface area (TPSA) is 26.0 Å². The van der Waals surface area contributed by atoms with Gasteiger partial charge in [0.25, 0.3) is 0 Å². The molecule has 96 valence electrons. The van der Waals surface area contributed by atoms with Gasteiger partial charge in [-0.2, -0.15) is 13.2 Å². The van der Waals surface area contributed by atoms with E-state index in [0.717, 1.165) is 0 Å². The number of alkyl halides is 3. The number of halogens is 7. The van der Waals surface area contributed by atoms with E-state index in [9.17, 15) is 30.7 Å². The second-order valence-corrected chi connectivity index (χ2v) is 3.31. The van der Waals surface area contributed by atoms with E-state index in [4.69, 9.17) is 5.73 Å². The minimum absolute atomic E-state index is 0.103. The van der Waals surface area contributed by atoms with Crippen LogP contribution in [-0.4, -0.2) is 6.18 Å². The van der Waals surface area contributed by atoms with Crippen molar-refractivity contribution in [1.82, 2.24) is 0 Å². The minimum atomic E-state index is -4.80. The van der Waals surface area contributed by atoms with Crippen LogP contribution in [0.3, 0.4) is 0 Å². The molecule has 1 rings (SSSR count). The van der Waals surface area contributed by atoms with Crippen molar-refractivity contribution in [3.05, 3.63) is 34.9 Å². The molecular formula is C9H6F7N. The molecule has 0 saturated carbocycles. The molecule has 0 fully saturated rings. The third-order valence-electron chi connectivity index (χ3n) is 1.97. The molecule has 2 N–H and O–H groups in total. The van der Waals surface area contributed by atoms with Crippen LogP contribution in [0.1, 0.15) is 18.0 Å². The summed E-state index contributed by atoms with van der Waals surface area (Å²) in [5.41, 5.74) is 3.44. The van der Waals surface area contributed by atoms with Crippen LogP contribution in [-0.2, 0) is 0 Å². The lowest BCUT2D eigenvalue weighted by atomic mass is 10.0. The number of hydrogen-bond acceptors (Lipinski definition) is 1. The van der Waals surface area contributed by atoms with Crippen LogP contribution in [0, 0.1) is 23.3 Å². The summed E-state index contributed by atoms with van der Waals surface area (Å²) in [6.45, 7) is 0. The van der Waals surface area contributed by atoms with E-state index in [-0.39, 0.29) is 6.07 Å². The fourth-order valence-electron chi connectivity index (χ4n) is 1.27. The van der Waals surface area contributed by atoms with Crippen molar-refractivity contribution in [2.75, 3.05) is 0 Å². The van der Waals surface area contributed by atoms with E-state index in [2.05, 4.69) is 0 Å². The molecule has 0 spiro atoms. The smallest absolute Gasteiger partial charge is 0.323 e. The monoisotopic (exact) mass is 261 g/mol. The SMILES string of the molecule is N[C@H](CC(F)(F)F)c1c(F)c(F)cc(F)c1F. The summed E-state index contributed by atoms with van der Waals surface area (Å²) in [5, 5.41) is 0. The van der Waals surface area contributed by atoms with Gasteiger partial charge in [0.2, 0.25) is 0 Å². The second-order valence-electron chi connectivity index (χ2n) is 3.31. The van der Waals surface area contributed by atoms with Crippen LogP contribution >= 0.6 is 0 Å². The Morgan fingerprint density at radius 3 is 1.76 bits per heavy atom.